The first kappa shape index (κ1) is 33.0. The normalized spacial score (nSPS) is 14.4. The number of anilines is 1. The van der Waals surface area contributed by atoms with Crippen LogP contribution in [0.25, 0.3) is 0 Å². The van der Waals surface area contributed by atoms with E-state index in [9.17, 15) is 14.4 Å². The molecule has 7 N–H and O–H groups in total. The molecule has 3 rings (SSSR count). The quantitative estimate of drug-likeness (QED) is 0.224. The van der Waals surface area contributed by atoms with Crippen LogP contribution in [0.1, 0.15) is 49.4 Å². The van der Waals surface area contributed by atoms with Gasteiger partial charge in [0.1, 0.15) is 0 Å². The van der Waals surface area contributed by atoms with Gasteiger partial charge in [-0.15, -0.1) is 0 Å². The third-order valence-corrected chi connectivity index (χ3v) is 6.55. The van der Waals surface area contributed by atoms with Crippen molar-refractivity contribution in [1.29, 1.82) is 0 Å². The Morgan fingerprint density at radius 2 is 1.50 bits per heavy atom. The highest BCUT2D eigenvalue weighted by atomic mass is 35.5. The van der Waals surface area contributed by atoms with Crippen LogP contribution in [0, 0.1) is 5.41 Å². The molecular formula is C29H40ClN3O7. The molecule has 0 bridgehead atoms. The van der Waals surface area contributed by atoms with Crippen LogP contribution in [-0.4, -0.2) is 70.1 Å². The van der Waals surface area contributed by atoms with Crippen molar-refractivity contribution in [2.24, 2.45) is 5.41 Å². The first-order valence-corrected chi connectivity index (χ1v) is 13.6. The fraction of sp³-hybridized carbons (Fsp3) is 0.483. The molecule has 0 aliphatic carbocycles. The molecule has 1 aliphatic rings. The first-order chi connectivity index (χ1) is 18.8. The van der Waals surface area contributed by atoms with E-state index in [-0.39, 0.29) is 11.3 Å². The average Bonchev–Trinajstić information content (AvgIpc) is 3.15. The molecule has 2 aromatic rings. The fourth-order valence-electron chi connectivity index (χ4n) is 3.93. The molecule has 2 atom stereocenters. The molecule has 40 heavy (non-hydrogen) atoms. The summed E-state index contributed by atoms with van der Waals surface area (Å²) in [6.45, 7) is 9.81. The Morgan fingerprint density at radius 3 is 2.08 bits per heavy atom. The Hall–Kier alpha value is -3.18. The van der Waals surface area contributed by atoms with Gasteiger partial charge in [0, 0.05) is 19.5 Å². The molecule has 0 radical (unpaired) electrons. The van der Waals surface area contributed by atoms with E-state index < -0.39 is 24.1 Å². The largest absolute Gasteiger partial charge is 0.479 e. The van der Waals surface area contributed by atoms with Crippen molar-refractivity contribution >= 4 is 35.1 Å². The number of benzene rings is 2. The minimum atomic E-state index is -2.27. The Morgan fingerprint density at radius 1 is 0.925 bits per heavy atom. The number of amides is 1. The lowest BCUT2D eigenvalue weighted by atomic mass is 9.97. The number of hydrogen-bond donors (Lipinski definition) is 7. The minimum Gasteiger partial charge on any atom is -0.479 e. The molecule has 0 saturated heterocycles. The molecule has 0 spiro atoms. The highest BCUT2D eigenvalue weighted by molar-refractivity contribution is 6.33. The number of carbonyl (C=O) groups excluding carboxylic acids is 1. The van der Waals surface area contributed by atoms with Crippen LogP contribution in [0.4, 0.5) is 5.69 Å². The summed E-state index contributed by atoms with van der Waals surface area (Å²) in [5.74, 6) is -3.42. The number of halogens is 1. The summed E-state index contributed by atoms with van der Waals surface area (Å²) in [5, 5.41) is 43.3. The van der Waals surface area contributed by atoms with Crippen LogP contribution < -0.4 is 16.0 Å². The minimum absolute atomic E-state index is 0.112. The van der Waals surface area contributed by atoms with Gasteiger partial charge in [0.25, 0.3) is 0 Å². The van der Waals surface area contributed by atoms with Crippen molar-refractivity contribution in [3.63, 3.8) is 0 Å². The molecule has 1 amide bonds. The number of fused-ring (bicyclic) bond motifs is 1. The maximum Gasteiger partial charge on any atom is 0.335 e. The zero-order valence-electron chi connectivity index (χ0n) is 23.2. The Labute approximate surface area is 239 Å². The van der Waals surface area contributed by atoms with Gasteiger partial charge in [0.15, 0.2) is 12.2 Å². The van der Waals surface area contributed by atoms with E-state index in [4.69, 9.17) is 32.0 Å². The van der Waals surface area contributed by atoms with Crippen molar-refractivity contribution < 1.29 is 34.8 Å². The second kappa shape index (κ2) is 15.6. The van der Waals surface area contributed by atoms with Gasteiger partial charge < -0.3 is 36.4 Å². The van der Waals surface area contributed by atoms with Gasteiger partial charge in [-0.2, -0.15) is 0 Å². The van der Waals surface area contributed by atoms with Crippen molar-refractivity contribution in [3.8, 4) is 0 Å². The zero-order chi connectivity index (χ0) is 29.9. The van der Waals surface area contributed by atoms with E-state index in [0.29, 0.717) is 13.0 Å². The third-order valence-electron chi connectivity index (χ3n) is 6.24. The van der Waals surface area contributed by atoms with E-state index in [2.05, 4.69) is 67.1 Å². The van der Waals surface area contributed by atoms with Crippen LogP contribution in [-0.2, 0) is 40.2 Å². The van der Waals surface area contributed by atoms with Crippen molar-refractivity contribution in [3.05, 3.63) is 63.7 Å². The molecule has 0 unspecified atom stereocenters. The number of carboxylic acids is 2. The van der Waals surface area contributed by atoms with E-state index in [1.54, 1.807) is 0 Å². The van der Waals surface area contributed by atoms with E-state index in [0.717, 1.165) is 49.6 Å². The SMILES string of the molecule is CC(C)(C)CNC(=O)CCc1ccc(CNc2c(Cl)ccc3c2CCNCC3)cc1.O=C(O)[C@H](O)[C@@H](O)C(=O)O. The molecule has 0 aromatic heterocycles. The summed E-state index contributed by atoms with van der Waals surface area (Å²) in [6, 6.07) is 12.7. The lowest BCUT2D eigenvalue weighted by molar-refractivity contribution is -0.165. The van der Waals surface area contributed by atoms with Gasteiger partial charge in [-0.1, -0.05) is 62.7 Å². The number of carbonyl (C=O) groups is 3. The average molecular weight is 578 g/mol. The lowest BCUT2D eigenvalue weighted by Crippen LogP contribution is -2.39. The van der Waals surface area contributed by atoms with Crippen molar-refractivity contribution in [1.82, 2.24) is 10.6 Å². The van der Waals surface area contributed by atoms with Crippen LogP contribution >= 0.6 is 11.6 Å². The third kappa shape index (κ3) is 11.1. The lowest BCUT2D eigenvalue weighted by Gasteiger charge is -2.18. The van der Waals surface area contributed by atoms with Crippen LogP contribution in [0.2, 0.25) is 5.02 Å². The van der Waals surface area contributed by atoms with Crippen LogP contribution in [0.3, 0.4) is 0 Å². The summed E-state index contributed by atoms with van der Waals surface area (Å²) in [6.07, 6.45) is -1.22. The number of aryl methyl sites for hydroxylation is 1. The van der Waals surface area contributed by atoms with E-state index >= 15 is 0 Å². The summed E-state index contributed by atoms with van der Waals surface area (Å²) in [7, 11) is 0. The maximum atomic E-state index is 12.0. The first-order valence-electron chi connectivity index (χ1n) is 13.2. The second-order valence-electron chi connectivity index (χ2n) is 10.9. The highest BCUT2D eigenvalue weighted by Gasteiger charge is 2.29. The predicted molar refractivity (Wildman–Crippen MR) is 154 cm³/mol. The molecule has 10 nitrogen and oxygen atoms in total. The molecule has 0 saturated carbocycles. The Balaban J connectivity index is 0.000000478. The molecular weight excluding hydrogens is 538 g/mol. The summed E-state index contributed by atoms with van der Waals surface area (Å²) in [4.78, 5) is 31.6. The molecule has 0 fully saturated rings. The number of nitrogens with one attached hydrogen (secondary N) is 3. The van der Waals surface area contributed by atoms with E-state index in [1.807, 2.05) is 6.07 Å². The van der Waals surface area contributed by atoms with Gasteiger partial charge in [-0.05, 0) is 66.1 Å². The fourth-order valence-corrected chi connectivity index (χ4v) is 4.17. The van der Waals surface area contributed by atoms with Gasteiger partial charge in [-0.3, -0.25) is 4.79 Å². The monoisotopic (exact) mass is 577 g/mol. The van der Waals surface area contributed by atoms with Crippen molar-refractivity contribution in [2.75, 3.05) is 25.0 Å². The topological polar surface area (TPSA) is 168 Å². The number of hydrogen-bond acceptors (Lipinski definition) is 7. The van der Waals surface area contributed by atoms with Gasteiger partial charge >= 0.3 is 11.9 Å². The predicted octanol–water partition coefficient (Wildman–Crippen LogP) is 2.61. The Kier molecular flexibility index (Phi) is 12.9. The smallest absolute Gasteiger partial charge is 0.335 e. The highest BCUT2D eigenvalue weighted by Crippen LogP contribution is 2.31. The zero-order valence-corrected chi connectivity index (χ0v) is 23.9. The maximum absolute atomic E-state index is 12.0. The standard InChI is InChI=1S/C25H34ClN3O.C4H6O6/c1-25(2,3)17-29-23(30)11-8-18-4-6-19(7-5-18)16-28-24-21-13-15-27-14-12-20(21)9-10-22(24)26;5-1(3(7)8)2(6)4(9)10/h4-7,9-10,27-28H,8,11-17H2,1-3H3,(H,29,30);1-2,5-6H,(H,7,8)(H,9,10)/t;1-,2-/m.1/s1. The Bertz CT molecular complexity index is 1130. The van der Waals surface area contributed by atoms with Gasteiger partial charge in [0.05, 0.1) is 10.7 Å². The summed E-state index contributed by atoms with van der Waals surface area (Å²) < 4.78 is 0. The number of carboxylic acid groups (broad SMARTS) is 2. The number of rotatable bonds is 10. The van der Waals surface area contributed by atoms with E-state index in [1.165, 1.54) is 22.3 Å². The van der Waals surface area contributed by atoms with Crippen LogP contribution in [0.15, 0.2) is 36.4 Å². The molecule has 220 valence electrons. The van der Waals surface area contributed by atoms with Crippen LogP contribution in [0.5, 0.6) is 0 Å². The molecule has 2 aromatic carbocycles. The van der Waals surface area contributed by atoms with Gasteiger partial charge in [-0.25, -0.2) is 9.59 Å². The van der Waals surface area contributed by atoms with Gasteiger partial charge in [0.2, 0.25) is 5.91 Å². The summed E-state index contributed by atoms with van der Waals surface area (Å²) >= 11 is 6.51. The number of aliphatic hydroxyl groups is 2. The molecule has 11 heteroatoms. The second-order valence-corrected chi connectivity index (χ2v) is 11.3. The molecule has 1 aliphatic heterocycles. The number of aliphatic hydroxyl groups excluding tert-OH is 2. The van der Waals surface area contributed by atoms with Crippen molar-refractivity contribution in [2.45, 2.75) is 65.2 Å². The molecule has 1 heterocycles. The number of aliphatic carboxylic acids is 2. The summed E-state index contributed by atoms with van der Waals surface area (Å²) in [5.41, 5.74) is 6.29.